The summed E-state index contributed by atoms with van der Waals surface area (Å²) in [5.41, 5.74) is 8.49. The number of hydrogen-bond donors (Lipinski definition) is 3. The summed E-state index contributed by atoms with van der Waals surface area (Å²) in [4.78, 5) is 24.0. The Bertz CT molecular complexity index is 1430. The Morgan fingerprint density at radius 3 is 2.72 bits per heavy atom. The first-order chi connectivity index (χ1) is 17.5. The molecule has 1 aliphatic rings. The molecule has 0 aliphatic carbocycles. The van der Waals surface area contributed by atoms with Gasteiger partial charge in [0.25, 0.3) is 5.95 Å². The minimum Gasteiger partial charge on any atom is -0.493 e. The fourth-order valence-corrected chi connectivity index (χ4v) is 4.15. The van der Waals surface area contributed by atoms with Crippen molar-refractivity contribution in [1.82, 2.24) is 24.7 Å². The molecule has 11 nitrogen and oxygen atoms in total. The Kier molecular flexibility index (Phi) is 6.46. The maximum Gasteiger partial charge on any atom is 0.350 e. The monoisotopic (exact) mass is 487 g/mol. The molecule has 0 radical (unpaired) electrons. The summed E-state index contributed by atoms with van der Waals surface area (Å²) in [6.07, 6.45) is 3.60. The normalized spacial score (nSPS) is 13.8. The number of nitrogens with one attached hydrogen (secondary N) is 2. The van der Waals surface area contributed by atoms with Crippen molar-refractivity contribution in [2.24, 2.45) is 5.73 Å². The van der Waals surface area contributed by atoms with Crippen LogP contribution in [0.25, 0.3) is 5.95 Å². The van der Waals surface area contributed by atoms with Crippen LogP contribution in [0.2, 0.25) is 0 Å². The van der Waals surface area contributed by atoms with Crippen LogP contribution in [0.4, 0.5) is 0 Å². The lowest BCUT2D eigenvalue weighted by Crippen LogP contribution is -2.18. The second kappa shape index (κ2) is 10.0. The van der Waals surface area contributed by atoms with Crippen molar-refractivity contribution in [3.8, 4) is 17.4 Å². The minimum absolute atomic E-state index is 0.000442. The molecule has 0 saturated heterocycles. The highest BCUT2D eigenvalue weighted by atomic mass is 16.5. The Labute approximate surface area is 206 Å². The molecule has 4 aromatic rings. The number of nitrogens with zero attached hydrogens (tertiary/aromatic N) is 4. The van der Waals surface area contributed by atoms with Crippen molar-refractivity contribution >= 4 is 5.84 Å². The average Bonchev–Trinajstić information content (AvgIpc) is 3.12. The molecule has 184 valence electrons. The van der Waals surface area contributed by atoms with Gasteiger partial charge in [-0.1, -0.05) is 24.3 Å². The van der Waals surface area contributed by atoms with Gasteiger partial charge in [-0.05, 0) is 35.7 Å². The number of nitrogen functional groups attached to an aromatic ring is 1. The van der Waals surface area contributed by atoms with Gasteiger partial charge in [0.15, 0.2) is 11.5 Å². The van der Waals surface area contributed by atoms with Crippen molar-refractivity contribution in [1.29, 1.82) is 5.41 Å². The molecule has 4 N–H and O–H groups in total. The third kappa shape index (κ3) is 4.68. The van der Waals surface area contributed by atoms with Crippen LogP contribution in [0, 0.1) is 5.41 Å². The number of ether oxygens (including phenoxy) is 3. The van der Waals surface area contributed by atoms with Crippen LogP contribution in [0.15, 0.2) is 59.7 Å². The molecule has 2 aromatic heterocycles. The molecule has 0 amide bonds. The number of methoxy groups -OCH3 is 1. The summed E-state index contributed by atoms with van der Waals surface area (Å²) in [6.45, 7) is 1.29. The minimum atomic E-state index is -0.443. The molecule has 1 unspecified atom stereocenters. The maximum atomic E-state index is 12.8. The van der Waals surface area contributed by atoms with Gasteiger partial charge in [-0.15, -0.1) is 9.78 Å². The van der Waals surface area contributed by atoms with Crippen LogP contribution in [-0.2, 0) is 17.8 Å². The highest BCUT2D eigenvalue weighted by Gasteiger charge is 2.25. The van der Waals surface area contributed by atoms with Gasteiger partial charge in [-0.25, -0.2) is 14.8 Å². The molecular formula is C25H25N7O4. The van der Waals surface area contributed by atoms with Crippen LogP contribution in [0.1, 0.15) is 34.0 Å². The Morgan fingerprint density at radius 1 is 1.22 bits per heavy atom. The first-order valence-corrected chi connectivity index (χ1v) is 11.3. The smallest absolute Gasteiger partial charge is 0.350 e. The first kappa shape index (κ1) is 23.2. The number of amidine groups is 1. The lowest BCUT2D eigenvalue weighted by Gasteiger charge is -2.19. The van der Waals surface area contributed by atoms with E-state index in [-0.39, 0.29) is 17.7 Å². The van der Waals surface area contributed by atoms with E-state index in [9.17, 15) is 4.79 Å². The highest BCUT2D eigenvalue weighted by molar-refractivity contribution is 5.94. The van der Waals surface area contributed by atoms with Crippen LogP contribution in [0.3, 0.4) is 0 Å². The van der Waals surface area contributed by atoms with E-state index in [2.05, 4.69) is 20.1 Å². The van der Waals surface area contributed by atoms with E-state index in [1.807, 2.05) is 24.3 Å². The molecule has 2 aromatic carbocycles. The number of aromatic nitrogens is 5. The van der Waals surface area contributed by atoms with E-state index in [4.69, 9.17) is 25.4 Å². The molecule has 0 saturated carbocycles. The summed E-state index contributed by atoms with van der Waals surface area (Å²) < 4.78 is 18.4. The number of rotatable bonds is 7. The van der Waals surface area contributed by atoms with Gasteiger partial charge < -0.3 is 19.9 Å². The van der Waals surface area contributed by atoms with E-state index in [0.29, 0.717) is 49.1 Å². The van der Waals surface area contributed by atoms with Gasteiger partial charge in [0, 0.05) is 29.4 Å². The summed E-state index contributed by atoms with van der Waals surface area (Å²) in [5, 5.41) is 12.2. The second-order valence-electron chi connectivity index (χ2n) is 8.26. The fraction of sp³-hybridized carbons (Fsp3) is 0.240. The number of nitrogens with two attached hydrogens (primary N) is 1. The van der Waals surface area contributed by atoms with Crippen LogP contribution >= 0.6 is 0 Å². The van der Waals surface area contributed by atoms with Crippen LogP contribution in [-0.4, -0.2) is 50.9 Å². The molecule has 36 heavy (non-hydrogen) atoms. The van der Waals surface area contributed by atoms with Gasteiger partial charge in [0.1, 0.15) is 18.3 Å². The molecule has 0 fully saturated rings. The predicted octanol–water partition coefficient (Wildman–Crippen LogP) is 1.93. The molecule has 1 aliphatic heterocycles. The van der Waals surface area contributed by atoms with Gasteiger partial charge in [-0.3, -0.25) is 10.4 Å². The molecule has 0 bridgehead atoms. The zero-order valence-corrected chi connectivity index (χ0v) is 19.6. The topological polar surface area (TPSA) is 154 Å². The van der Waals surface area contributed by atoms with Crippen molar-refractivity contribution in [2.45, 2.75) is 18.9 Å². The third-order valence-electron chi connectivity index (χ3n) is 5.92. The predicted molar refractivity (Wildman–Crippen MR) is 131 cm³/mol. The van der Waals surface area contributed by atoms with E-state index in [0.717, 1.165) is 21.4 Å². The third-order valence-corrected chi connectivity index (χ3v) is 5.92. The largest absolute Gasteiger partial charge is 0.493 e. The number of benzene rings is 2. The van der Waals surface area contributed by atoms with Gasteiger partial charge in [0.2, 0.25) is 0 Å². The number of aromatic amines is 1. The Balaban J connectivity index is 1.61. The van der Waals surface area contributed by atoms with Crippen molar-refractivity contribution < 1.29 is 14.2 Å². The molecule has 0 spiro atoms. The van der Waals surface area contributed by atoms with Crippen molar-refractivity contribution in [3.63, 3.8) is 0 Å². The molecule has 1 atom stereocenters. The standard InChI is InChI=1S/C25H25N7O4/c1-34-20-13-17(12-18-14-35-9-10-36-21(18)20)19(11-15-3-5-16(6-4-15)22(26)27)23-30-25(33)32(31-23)24-28-7-2-8-29-24/h2-8,12-13,19H,9-11,14H2,1H3,(H3,26,27)(H,30,31,33). The van der Waals surface area contributed by atoms with Crippen molar-refractivity contribution in [3.05, 3.63) is 93.4 Å². The Morgan fingerprint density at radius 2 is 2.00 bits per heavy atom. The van der Waals surface area contributed by atoms with Crippen LogP contribution < -0.4 is 20.9 Å². The quantitative estimate of drug-likeness (QED) is 0.264. The lowest BCUT2D eigenvalue weighted by molar-refractivity contribution is 0.106. The van der Waals surface area contributed by atoms with Gasteiger partial charge in [0.05, 0.1) is 20.3 Å². The summed E-state index contributed by atoms with van der Waals surface area (Å²) in [7, 11) is 1.59. The average molecular weight is 488 g/mol. The van der Waals surface area contributed by atoms with E-state index in [1.165, 1.54) is 0 Å². The summed E-state index contributed by atoms with van der Waals surface area (Å²) >= 11 is 0. The highest BCUT2D eigenvalue weighted by Crippen LogP contribution is 2.38. The summed E-state index contributed by atoms with van der Waals surface area (Å²) in [5.74, 6) is 1.50. The second-order valence-corrected chi connectivity index (χ2v) is 8.26. The molecule has 11 heteroatoms. The zero-order chi connectivity index (χ0) is 25.1. The number of hydrogen-bond acceptors (Lipinski definition) is 8. The van der Waals surface area contributed by atoms with E-state index < -0.39 is 5.69 Å². The maximum absolute atomic E-state index is 12.8. The number of fused-ring (bicyclic) bond motifs is 1. The van der Waals surface area contributed by atoms with Gasteiger partial charge >= 0.3 is 5.69 Å². The molecule has 3 heterocycles. The van der Waals surface area contributed by atoms with Crippen molar-refractivity contribution in [2.75, 3.05) is 20.3 Å². The SMILES string of the molecule is COc1cc(C(Cc2ccc(C(=N)N)cc2)c2nn(-c3ncccn3)c(=O)[nH]2)cc2c1OCCOC2. The fourth-order valence-electron chi connectivity index (χ4n) is 4.15. The number of H-pyrrole nitrogens is 1. The molecular weight excluding hydrogens is 462 g/mol. The van der Waals surface area contributed by atoms with E-state index in [1.54, 1.807) is 37.7 Å². The summed E-state index contributed by atoms with van der Waals surface area (Å²) in [6, 6.07) is 13.0. The zero-order valence-electron chi connectivity index (χ0n) is 19.6. The van der Waals surface area contributed by atoms with Crippen LogP contribution in [0.5, 0.6) is 11.5 Å². The van der Waals surface area contributed by atoms with Gasteiger partial charge in [-0.2, -0.15) is 0 Å². The van der Waals surface area contributed by atoms with E-state index >= 15 is 0 Å². The first-order valence-electron chi connectivity index (χ1n) is 11.3. The Hall–Kier alpha value is -4.51. The lowest BCUT2D eigenvalue weighted by atomic mass is 9.89. The molecule has 5 rings (SSSR count).